The fourth-order valence-corrected chi connectivity index (χ4v) is 5.36. The minimum absolute atomic E-state index is 0.285. The molecule has 3 heterocycles. The highest BCUT2D eigenvalue weighted by Gasteiger charge is 2.34. The zero-order chi connectivity index (χ0) is 24.1. The van der Waals surface area contributed by atoms with Gasteiger partial charge in [-0.3, -0.25) is 0 Å². The van der Waals surface area contributed by atoms with Crippen LogP contribution in [0.5, 0.6) is 0 Å². The summed E-state index contributed by atoms with van der Waals surface area (Å²) in [7, 11) is 4.23. The van der Waals surface area contributed by atoms with Gasteiger partial charge in [0.05, 0.1) is 27.7 Å². The molecule has 1 fully saturated rings. The van der Waals surface area contributed by atoms with E-state index in [0.717, 1.165) is 58.1 Å². The van der Waals surface area contributed by atoms with Crippen molar-refractivity contribution in [2.24, 2.45) is 5.92 Å². The zero-order valence-corrected chi connectivity index (χ0v) is 20.4. The second kappa shape index (κ2) is 8.59. The van der Waals surface area contributed by atoms with Crippen LogP contribution in [0.4, 0.5) is 5.82 Å². The van der Waals surface area contributed by atoms with Gasteiger partial charge in [-0.1, -0.05) is 48.0 Å². The number of nitrogen functional groups attached to an aromatic ring is 1. The molecule has 0 amide bonds. The van der Waals surface area contributed by atoms with Crippen LogP contribution in [-0.2, 0) is 0 Å². The van der Waals surface area contributed by atoms with Crippen molar-refractivity contribution >= 4 is 39.4 Å². The molecule has 1 aliphatic carbocycles. The average Bonchev–Trinajstić information content (AvgIpc) is 3.21. The maximum absolute atomic E-state index is 6.80. The first-order chi connectivity index (χ1) is 17.0. The number of hydrogen-bond acceptors (Lipinski definition) is 6. The van der Waals surface area contributed by atoms with Crippen molar-refractivity contribution < 1.29 is 0 Å². The van der Waals surface area contributed by atoms with Crippen LogP contribution in [0, 0.1) is 5.92 Å². The molecule has 2 N–H and O–H groups in total. The van der Waals surface area contributed by atoms with E-state index in [0.29, 0.717) is 22.5 Å². The molecule has 0 atom stereocenters. The van der Waals surface area contributed by atoms with Crippen molar-refractivity contribution in [1.82, 2.24) is 29.6 Å². The van der Waals surface area contributed by atoms with Crippen LogP contribution < -0.4 is 5.73 Å². The van der Waals surface area contributed by atoms with Crippen molar-refractivity contribution in [3.05, 3.63) is 65.9 Å². The Labute approximate surface area is 208 Å². The van der Waals surface area contributed by atoms with Crippen LogP contribution in [-0.4, -0.2) is 50.3 Å². The molecule has 5 aromatic rings. The molecule has 2 aromatic carbocycles. The first-order valence-electron chi connectivity index (χ1n) is 11.8. The normalized spacial score (nSPS) is 17.8. The van der Waals surface area contributed by atoms with Gasteiger partial charge in [-0.05, 0) is 51.1 Å². The fraction of sp³-hybridized carbons (Fsp3) is 0.259. The molecule has 0 radical (unpaired) electrons. The Morgan fingerprint density at radius 1 is 1.06 bits per heavy atom. The summed E-state index contributed by atoms with van der Waals surface area (Å²) < 4.78 is 2.02. The smallest absolute Gasteiger partial charge is 0.164 e. The number of hydrogen-bond donors (Lipinski definition) is 1. The van der Waals surface area contributed by atoms with Gasteiger partial charge in [-0.15, -0.1) is 0 Å². The molecule has 3 aromatic heterocycles. The molecule has 35 heavy (non-hydrogen) atoms. The molecule has 0 saturated heterocycles. The summed E-state index contributed by atoms with van der Waals surface area (Å²) in [6.45, 7) is 1.08. The topological polar surface area (TPSA) is 85.8 Å². The lowest BCUT2D eigenvalue weighted by Gasteiger charge is -2.37. The highest BCUT2D eigenvalue weighted by Crippen LogP contribution is 2.43. The lowest BCUT2D eigenvalue weighted by molar-refractivity contribution is 0.149. The van der Waals surface area contributed by atoms with Crippen LogP contribution in [0.2, 0.25) is 5.02 Å². The van der Waals surface area contributed by atoms with Crippen LogP contribution in [0.1, 0.15) is 18.9 Å². The second-order valence-corrected chi connectivity index (χ2v) is 10.00. The molecule has 0 bridgehead atoms. The molecule has 1 aliphatic rings. The molecule has 1 saturated carbocycles. The maximum atomic E-state index is 6.80. The summed E-state index contributed by atoms with van der Waals surface area (Å²) in [5.74, 6) is 1.06. The molecule has 7 nitrogen and oxygen atoms in total. The molecule has 176 valence electrons. The van der Waals surface area contributed by atoms with E-state index in [2.05, 4.69) is 41.1 Å². The first kappa shape index (κ1) is 21.9. The Balaban J connectivity index is 1.46. The van der Waals surface area contributed by atoms with Gasteiger partial charge in [0, 0.05) is 23.1 Å². The summed E-state index contributed by atoms with van der Waals surface area (Å²) in [4.78, 5) is 16.0. The second-order valence-electron chi connectivity index (χ2n) is 9.59. The minimum atomic E-state index is 0.285. The van der Waals surface area contributed by atoms with Gasteiger partial charge in [0.15, 0.2) is 5.65 Å². The number of fused-ring (bicyclic) bond motifs is 2. The van der Waals surface area contributed by atoms with Gasteiger partial charge >= 0.3 is 0 Å². The van der Waals surface area contributed by atoms with Gasteiger partial charge in [-0.25, -0.2) is 19.6 Å². The predicted molar refractivity (Wildman–Crippen MR) is 141 cm³/mol. The van der Waals surface area contributed by atoms with E-state index in [9.17, 15) is 0 Å². The molecular weight excluding hydrogens is 458 g/mol. The minimum Gasteiger partial charge on any atom is -0.383 e. The molecule has 0 unspecified atom stereocenters. The number of rotatable bonds is 5. The monoisotopic (exact) mass is 483 g/mol. The van der Waals surface area contributed by atoms with E-state index in [-0.39, 0.29) is 6.04 Å². The third kappa shape index (κ3) is 3.90. The van der Waals surface area contributed by atoms with E-state index in [1.807, 2.05) is 47.1 Å². The van der Waals surface area contributed by atoms with Crippen molar-refractivity contribution in [2.45, 2.75) is 18.9 Å². The van der Waals surface area contributed by atoms with Crippen molar-refractivity contribution in [3.8, 4) is 22.5 Å². The van der Waals surface area contributed by atoms with Crippen LogP contribution >= 0.6 is 11.6 Å². The van der Waals surface area contributed by atoms with E-state index in [1.54, 1.807) is 0 Å². The maximum Gasteiger partial charge on any atom is 0.164 e. The number of benzene rings is 2. The summed E-state index contributed by atoms with van der Waals surface area (Å²) in [6, 6.07) is 18.4. The number of aromatic nitrogens is 5. The Kier molecular flexibility index (Phi) is 5.39. The summed E-state index contributed by atoms with van der Waals surface area (Å²) in [6.07, 6.45) is 3.63. The zero-order valence-electron chi connectivity index (χ0n) is 19.7. The predicted octanol–water partition coefficient (Wildman–Crippen LogP) is 5.46. The van der Waals surface area contributed by atoms with Crippen molar-refractivity contribution in [3.63, 3.8) is 0 Å². The fourth-order valence-electron chi connectivity index (χ4n) is 5.10. The number of anilines is 1. The Bertz CT molecular complexity index is 1540. The van der Waals surface area contributed by atoms with Crippen LogP contribution in [0.3, 0.4) is 0 Å². The molecule has 0 spiro atoms. The van der Waals surface area contributed by atoms with Gasteiger partial charge in [0.2, 0.25) is 0 Å². The number of pyridine rings is 1. The van der Waals surface area contributed by atoms with Crippen molar-refractivity contribution in [2.75, 3.05) is 26.4 Å². The third-order valence-corrected chi connectivity index (χ3v) is 7.11. The molecule has 0 aliphatic heterocycles. The van der Waals surface area contributed by atoms with Crippen LogP contribution in [0.25, 0.3) is 44.5 Å². The molecule has 8 heteroatoms. The van der Waals surface area contributed by atoms with Gasteiger partial charge < -0.3 is 10.6 Å². The quantitative estimate of drug-likeness (QED) is 0.357. The van der Waals surface area contributed by atoms with E-state index in [4.69, 9.17) is 27.4 Å². The Morgan fingerprint density at radius 3 is 2.63 bits per heavy atom. The van der Waals surface area contributed by atoms with Crippen LogP contribution in [0.15, 0.2) is 60.9 Å². The van der Waals surface area contributed by atoms with Gasteiger partial charge in [0.1, 0.15) is 17.8 Å². The van der Waals surface area contributed by atoms with Gasteiger partial charge in [0.25, 0.3) is 0 Å². The SMILES string of the molecule is CN(C)CC1CC(n2nc(-c3cc4nc(-c5ccccc5)ccc4cc3Cl)c3c(N)ncnc32)C1. The van der Waals surface area contributed by atoms with Gasteiger partial charge in [-0.2, -0.15) is 5.10 Å². The number of nitrogens with two attached hydrogens (primary N) is 1. The lowest BCUT2D eigenvalue weighted by atomic mass is 9.80. The highest BCUT2D eigenvalue weighted by molar-refractivity contribution is 6.34. The highest BCUT2D eigenvalue weighted by atomic mass is 35.5. The number of nitrogens with zero attached hydrogens (tertiary/aromatic N) is 6. The van der Waals surface area contributed by atoms with E-state index < -0.39 is 0 Å². The summed E-state index contributed by atoms with van der Waals surface area (Å²) >= 11 is 6.80. The average molecular weight is 484 g/mol. The standard InChI is InChI=1S/C27H26ClN7/c1-34(2)14-16-10-19(11-16)35-27-24(26(29)30-15-31-27)25(33-35)20-13-23-18(12-21(20)28)8-9-22(32-23)17-6-4-3-5-7-17/h3-9,12-13,15-16,19H,10-11,14H2,1-2H3,(H2,29,30,31). The Hall–Kier alpha value is -3.55. The third-order valence-electron chi connectivity index (χ3n) is 6.80. The molecule has 6 rings (SSSR count). The van der Waals surface area contributed by atoms with E-state index >= 15 is 0 Å². The summed E-state index contributed by atoms with van der Waals surface area (Å²) in [5.41, 5.74) is 11.4. The van der Waals surface area contributed by atoms with E-state index in [1.165, 1.54) is 6.33 Å². The molecular formula is C27H26ClN7. The number of halogens is 1. The Morgan fingerprint density at radius 2 is 1.86 bits per heavy atom. The largest absolute Gasteiger partial charge is 0.383 e. The lowest BCUT2D eigenvalue weighted by Crippen LogP contribution is -2.34. The first-order valence-corrected chi connectivity index (χ1v) is 12.1. The summed E-state index contributed by atoms with van der Waals surface area (Å²) in [5, 5.41) is 7.32. The van der Waals surface area contributed by atoms with Crippen molar-refractivity contribution in [1.29, 1.82) is 0 Å².